The number of fused-ring (bicyclic) bond motifs is 1. The number of aromatic hydroxyl groups is 1. The van der Waals surface area contributed by atoms with Crippen molar-refractivity contribution >= 4 is 0 Å². The Morgan fingerprint density at radius 2 is 1.87 bits per heavy atom. The fourth-order valence-corrected chi connectivity index (χ4v) is 2.75. The molecular formula is C17H13FN2O3. The number of phenolic OH excluding ortho intramolecular Hbond substituents is 1. The van der Waals surface area contributed by atoms with Crippen molar-refractivity contribution in [2.45, 2.75) is 6.04 Å². The first kappa shape index (κ1) is 13.6. The van der Waals surface area contributed by atoms with Crippen LogP contribution < -0.4 is 9.47 Å². The van der Waals surface area contributed by atoms with E-state index in [2.05, 4.69) is 4.98 Å². The van der Waals surface area contributed by atoms with Crippen LogP contribution in [0.4, 0.5) is 4.39 Å². The van der Waals surface area contributed by atoms with Gasteiger partial charge < -0.3 is 19.1 Å². The summed E-state index contributed by atoms with van der Waals surface area (Å²) in [6.07, 6.45) is 5.09. The highest BCUT2D eigenvalue weighted by atomic mass is 19.1. The molecule has 5 nitrogen and oxygen atoms in total. The van der Waals surface area contributed by atoms with Crippen LogP contribution in [-0.2, 0) is 0 Å². The van der Waals surface area contributed by atoms with Crippen molar-refractivity contribution in [2.24, 2.45) is 0 Å². The molecular weight excluding hydrogens is 299 g/mol. The molecule has 1 atom stereocenters. The summed E-state index contributed by atoms with van der Waals surface area (Å²) in [5.74, 6) is 0.852. The van der Waals surface area contributed by atoms with Gasteiger partial charge in [0.05, 0.1) is 12.4 Å². The van der Waals surface area contributed by atoms with Crippen LogP contribution in [0.3, 0.4) is 0 Å². The molecule has 0 saturated carbocycles. The molecule has 1 aliphatic rings. The monoisotopic (exact) mass is 312 g/mol. The molecule has 2 aromatic carbocycles. The molecule has 1 N–H and O–H groups in total. The van der Waals surface area contributed by atoms with E-state index in [0.717, 1.165) is 5.56 Å². The van der Waals surface area contributed by atoms with Gasteiger partial charge in [-0.25, -0.2) is 9.37 Å². The third kappa shape index (κ3) is 2.38. The van der Waals surface area contributed by atoms with Crippen molar-refractivity contribution in [3.8, 4) is 17.2 Å². The second kappa shape index (κ2) is 5.31. The average molecular weight is 312 g/mol. The molecule has 1 aromatic heterocycles. The molecule has 0 amide bonds. The zero-order chi connectivity index (χ0) is 15.8. The Labute approximate surface area is 131 Å². The molecule has 0 aliphatic carbocycles. The van der Waals surface area contributed by atoms with E-state index in [1.807, 2.05) is 4.57 Å². The molecule has 116 valence electrons. The van der Waals surface area contributed by atoms with Crippen LogP contribution in [0.25, 0.3) is 0 Å². The van der Waals surface area contributed by atoms with E-state index in [1.165, 1.54) is 18.2 Å². The molecule has 6 heteroatoms. The number of hydrogen-bond donors (Lipinski definition) is 1. The van der Waals surface area contributed by atoms with E-state index in [0.29, 0.717) is 17.1 Å². The standard InChI is InChI=1S/C17H13FN2O3/c18-12-3-1-11(2-4-12)17(20-6-5-19-9-20)13-7-15-16(8-14(13)21)23-10-22-15/h1-9,17,21H,10H2. The second-order valence-electron chi connectivity index (χ2n) is 5.23. The number of imidazole rings is 1. The minimum atomic E-state index is -0.354. The zero-order valence-electron chi connectivity index (χ0n) is 12.0. The van der Waals surface area contributed by atoms with Gasteiger partial charge in [-0.1, -0.05) is 12.1 Å². The van der Waals surface area contributed by atoms with Gasteiger partial charge in [-0.05, 0) is 23.8 Å². The van der Waals surface area contributed by atoms with Gasteiger partial charge in [0.2, 0.25) is 6.79 Å². The van der Waals surface area contributed by atoms with E-state index in [4.69, 9.17) is 9.47 Å². The SMILES string of the molecule is Oc1cc2c(cc1C(c1ccc(F)cc1)n1ccnc1)OCO2. The maximum Gasteiger partial charge on any atom is 0.231 e. The molecule has 23 heavy (non-hydrogen) atoms. The van der Waals surface area contributed by atoms with Crippen LogP contribution in [0.15, 0.2) is 55.1 Å². The summed E-state index contributed by atoms with van der Waals surface area (Å²) in [7, 11) is 0. The Kier molecular flexibility index (Phi) is 3.15. The lowest BCUT2D eigenvalue weighted by atomic mass is 9.97. The third-order valence-corrected chi connectivity index (χ3v) is 3.83. The van der Waals surface area contributed by atoms with Crippen molar-refractivity contribution in [3.63, 3.8) is 0 Å². The normalized spacial score (nSPS) is 14.0. The lowest BCUT2D eigenvalue weighted by Gasteiger charge is -2.21. The highest BCUT2D eigenvalue weighted by molar-refractivity contribution is 5.54. The van der Waals surface area contributed by atoms with Crippen molar-refractivity contribution in [2.75, 3.05) is 6.79 Å². The van der Waals surface area contributed by atoms with Crippen molar-refractivity contribution in [3.05, 3.63) is 72.1 Å². The van der Waals surface area contributed by atoms with Gasteiger partial charge in [0.1, 0.15) is 11.6 Å². The highest BCUT2D eigenvalue weighted by Gasteiger charge is 2.24. The summed E-state index contributed by atoms with van der Waals surface area (Å²) in [5, 5.41) is 10.4. The second-order valence-corrected chi connectivity index (χ2v) is 5.23. The molecule has 3 aromatic rings. The summed E-state index contributed by atoms with van der Waals surface area (Å²) < 4.78 is 25.8. The Hall–Kier alpha value is -3.02. The van der Waals surface area contributed by atoms with Gasteiger partial charge in [-0.15, -0.1) is 0 Å². The maximum absolute atomic E-state index is 13.2. The Balaban J connectivity index is 1.88. The minimum Gasteiger partial charge on any atom is -0.507 e. The van der Waals surface area contributed by atoms with Gasteiger partial charge >= 0.3 is 0 Å². The number of benzene rings is 2. The summed E-state index contributed by atoms with van der Waals surface area (Å²) >= 11 is 0. The fraction of sp³-hybridized carbons (Fsp3) is 0.118. The summed E-state index contributed by atoms with van der Waals surface area (Å²) in [6, 6.07) is 9.07. The van der Waals surface area contributed by atoms with Gasteiger partial charge in [0.25, 0.3) is 0 Å². The Morgan fingerprint density at radius 3 is 2.57 bits per heavy atom. The largest absolute Gasteiger partial charge is 0.507 e. The topological polar surface area (TPSA) is 56.5 Å². The third-order valence-electron chi connectivity index (χ3n) is 3.83. The zero-order valence-corrected chi connectivity index (χ0v) is 12.0. The molecule has 1 unspecified atom stereocenters. The van der Waals surface area contributed by atoms with Crippen LogP contribution in [0.1, 0.15) is 17.2 Å². The van der Waals surface area contributed by atoms with Gasteiger partial charge in [-0.3, -0.25) is 0 Å². The van der Waals surface area contributed by atoms with Crippen LogP contribution in [-0.4, -0.2) is 21.5 Å². The number of phenols is 1. The molecule has 0 spiro atoms. The maximum atomic E-state index is 13.2. The number of halogens is 1. The predicted molar refractivity (Wildman–Crippen MR) is 80.1 cm³/mol. The summed E-state index contributed by atoms with van der Waals surface area (Å²) in [6.45, 7) is 0.129. The number of hydrogen-bond acceptors (Lipinski definition) is 4. The first-order valence-corrected chi connectivity index (χ1v) is 7.08. The fourth-order valence-electron chi connectivity index (χ4n) is 2.75. The molecule has 4 rings (SSSR count). The minimum absolute atomic E-state index is 0.0808. The van der Waals surface area contributed by atoms with Gasteiger partial charge in [0.15, 0.2) is 11.5 Å². The molecule has 2 heterocycles. The van der Waals surface area contributed by atoms with Gasteiger partial charge in [-0.2, -0.15) is 0 Å². The molecule has 0 bridgehead atoms. The summed E-state index contributed by atoms with van der Waals surface area (Å²) in [5.41, 5.74) is 1.44. The quantitative estimate of drug-likeness (QED) is 0.807. The average Bonchev–Trinajstić information content (AvgIpc) is 3.21. The van der Waals surface area contributed by atoms with Gasteiger partial charge in [0, 0.05) is 24.0 Å². The first-order valence-electron chi connectivity index (χ1n) is 7.08. The molecule has 0 saturated heterocycles. The van der Waals surface area contributed by atoms with E-state index in [1.54, 1.807) is 36.9 Å². The summed E-state index contributed by atoms with van der Waals surface area (Å²) in [4.78, 5) is 4.07. The van der Waals surface area contributed by atoms with E-state index >= 15 is 0 Å². The smallest absolute Gasteiger partial charge is 0.231 e. The Morgan fingerprint density at radius 1 is 1.13 bits per heavy atom. The molecule has 0 radical (unpaired) electrons. The van der Waals surface area contributed by atoms with E-state index in [-0.39, 0.29) is 24.4 Å². The van der Waals surface area contributed by atoms with Crippen molar-refractivity contribution < 1.29 is 19.0 Å². The number of nitrogens with zero attached hydrogens (tertiary/aromatic N) is 2. The predicted octanol–water partition coefficient (Wildman–Crippen LogP) is 3.09. The highest BCUT2D eigenvalue weighted by Crippen LogP contribution is 2.42. The lowest BCUT2D eigenvalue weighted by Crippen LogP contribution is -2.11. The molecule has 1 aliphatic heterocycles. The first-order chi connectivity index (χ1) is 11.2. The van der Waals surface area contributed by atoms with E-state index < -0.39 is 0 Å². The number of ether oxygens (including phenoxy) is 2. The Bertz CT molecular complexity index is 832. The van der Waals surface area contributed by atoms with Crippen molar-refractivity contribution in [1.29, 1.82) is 0 Å². The lowest BCUT2D eigenvalue weighted by molar-refractivity contribution is 0.174. The van der Waals surface area contributed by atoms with Crippen LogP contribution in [0.2, 0.25) is 0 Å². The van der Waals surface area contributed by atoms with Crippen LogP contribution in [0.5, 0.6) is 17.2 Å². The number of rotatable bonds is 3. The van der Waals surface area contributed by atoms with Crippen LogP contribution >= 0.6 is 0 Å². The van der Waals surface area contributed by atoms with Crippen LogP contribution in [0, 0.1) is 5.82 Å². The van der Waals surface area contributed by atoms with E-state index in [9.17, 15) is 9.50 Å². The van der Waals surface area contributed by atoms with Crippen molar-refractivity contribution in [1.82, 2.24) is 9.55 Å². The molecule has 0 fully saturated rings. The number of aromatic nitrogens is 2.